The molecule has 0 bridgehead atoms. The van der Waals surface area contributed by atoms with E-state index in [1.54, 1.807) is 18.5 Å². The molecule has 5 heteroatoms. The Morgan fingerprint density at radius 1 is 1.28 bits per heavy atom. The lowest BCUT2D eigenvalue weighted by Crippen LogP contribution is -2.03. The van der Waals surface area contributed by atoms with E-state index in [9.17, 15) is 4.39 Å². The largest absolute Gasteiger partial charge is 0.492 e. The van der Waals surface area contributed by atoms with Gasteiger partial charge in [-0.3, -0.25) is 0 Å². The van der Waals surface area contributed by atoms with Crippen LogP contribution in [0.4, 0.5) is 10.1 Å². The monoisotopic (exact) mass is 247 g/mol. The van der Waals surface area contributed by atoms with Gasteiger partial charge in [0.05, 0.1) is 12.3 Å². The highest BCUT2D eigenvalue weighted by atomic mass is 19.1. The van der Waals surface area contributed by atoms with E-state index in [0.717, 1.165) is 11.3 Å². The number of halogens is 1. The second-order valence-corrected chi connectivity index (χ2v) is 3.67. The van der Waals surface area contributed by atoms with E-state index in [1.165, 1.54) is 18.5 Å². The molecule has 0 aliphatic heterocycles. The minimum absolute atomic E-state index is 0.313. The zero-order valence-corrected chi connectivity index (χ0v) is 10.1. The molecule has 1 aromatic carbocycles. The van der Waals surface area contributed by atoms with Crippen LogP contribution in [0.1, 0.15) is 12.5 Å². The van der Waals surface area contributed by atoms with Crippen LogP contribution in [0.2, 0.25) is 0 Å². The number of hydrogen-bond acceptors (Lipinski definition) is 4. The number of anilines is 1. The lowest BCUT2D eigenvalue weighted by molar-refractivity contribution is 0.340. The molecule has 0 spiro atoms. The van der Waals surface area contributed by atoms with Crippen molar-refractivity contribution in [3.8, 4) is 5.75 Å². The molecule has 1 heterocycles. The summed E-state index contributed by atoms with van der Waals surface area (Å²) in [5.41, 5.74) is 1.70. The molecule has 0 saturated heterocycles. The smallest absolute Gasteiger partial charge is 0.145 e. The lowest BCUT2D eigenvalue weighted by atomic mass is 10.2. The van der Waals surface area contributed by atoms with E-state index in [2.05, 4.69) is 15.3 Å². The summed E-state index contributed by atoms with van der Waals surface area (Å²) in [4.78, 5) is 7.85. The topological polar surface area (TPSA) is 47.0 Å². The van der Waals surface area contributed by atoms with Gasteiger partial charge in [0.2, 0.25) is 0 Å². The van der Waals surface area contributed by atoms with Crippen molar-refractivity contribution in [2.75, 3.05) is 11.9 Å². The molecule has 0 radical (unpaired) electrons. The number of hydrogen-bond donors (Lipinski definition) is 1. The Morgan fingerprint density at radius 3 is 2.78 bits per heavy atom. The van der Waals surface area contributed by atoms with Crippen LogP contribution in [0.5, 0.6) is 5.75 Å². The van der Waals surface area contributed by atoms with Crippen LogP contribution in [-0.4, -0.2) is 16.6 Å². The molecule has 0 saturated carbocycles. The van der Waals surface area contributed by atoms with Crippen LogP contribution in [0.3, 0.4) is 0 Å². The fourth-order valence-electron chi connectivity index (χ4n) is 1.54. The molecule has 0 aliphatic carbocycles. The summed E-state index contributed by atoms with van der Waals surface area (Å²) >= 11 is 0. The third-order valence-corrected chi connectivity index (χ3v) is 2.34. The summed E-state index contributed by atoms with van der Waals surface area (Å²) in [6, 6.07) is 4.42. The van der Waals surface area contributed by atoms with Crippen molar-refractivity contribution >= 4 is 5.69 Å². The molecule has 0 amide bonds. The van der Waals surface area contributed by atoms with Crippen molar-refractivity contribution in [2.24, 2.45) is 0 Å². The van der Waals surface area contributed by atoms with Gasteiger partial charge in [0.1, 0.15) is 17.9 Å². The Balaban J connectivity index is 2.09. The summed E-state index contributed by atoms with van der Waals surface area (Å²) in [5, 5.41) is 3.17. The number of nitrogens with zero attached hydrogens (tertiary/aromatic N) is 2. The summed E-state index contributed by atoms with van der Waals surface area (Å²) in [5.74, 6) is 0.196. The Kier molecular flexibility index (Phi) is 4.06. The Morgan fingerprint density at radius 2 is 2.06 bits per heavy atom. The molecule has 2 rings (SSSR count). The van der Waals surface area contributed by atoms with E-state index in [4.69, 9.17) is 4.74 Å². The maximum Gasteiger partial charge on any atom is 0.145 e. The van der Waals surface area contributed by atoms with Crippen molar-refractivity contribution < 1.29 is 9.13 Å². The molecule has 0 fully saturated rings. The summed E-state index contributed by atoms with van der Waals surface area (Å²) in [6.07, 6.45) is 4.93. The summed E-state index contributed by atoms with van der Waals surface area (Å²) in [6.45, 7) is 2.92. The maximum atomic E-state index is 13.1. The van der Waals surface area contributed by atoms with Gasteiger partial charge in [-0.05, 0) is 19.1 Å². The van der Waals surface area contributed by atoms with Gasteiger partial charge >= 0.3 is 0 Å². The second kappa shape index (κ2) is 5.95. The molecule has 0 atom stereocenters. The highest BCUT2D eigenvalue weighted by Gasteiger charge is 2.05. The third-order valence-electron chi connectivity index (χ3n) is 2.34. The van der Waals surface area contributed by atoms with Crippen LogP contribution in [0, 0.1) is 5.82 Å². The molecular formula is C13H14FN3O. The molecule has 4 nitrogen and oxygen atoms in total. The average molecular weight is 247 g/mol. The van der Waals surface area contributed by atoms with Crippen molar-refractivity contribution in [3.05, 3.63) is 48.3 Å². The molecule has 0 unspecified atom stereocenters. The van der Waals surface area contributed by atoms with Crippen LogP contribution in [0.15, 0.2) is 36.9 Å². The molecular weight excluding hydrogens is 233 g/mol. The van der Waals surface area contributed by atoms with Gasteiger partial charge in [-0.15, -0.1) is 0 Å². The predicted octanol–water partition coefficient (Wildman–Crippen LogP) is 2.63. The van der Waals surface area contributed by atoms with Gasteiger partial charge in [-0.1, -0.05) is 0 Å². The first-order valence-corrected chi connectivity index (χ1v) is 5.69. The molecule has 0 aliphatic rings. The number of ether oxygens (including phenoxy) is 1. The van der Waals surface area contributed by atoms with Crippen LogP contribution >= 0.6 is 0 Å². The average Bonchev–Trinajstić information content (AvgIpc) is 2.39. The van der Waals surface area contributed by atoms with Gasteiger partial charge in [0, 0.05) is 30.6 Å². The normalized spacial score (nSPS) is 10.1. The zero-order valence-electron chi connectivity index (χ0n) is 10.1. The highest BCUT2D eigenvalue weighted by Crippen LogP contribution is 2.25. The molecule has 18 heavy (non-hydrogen) atoms. The lowest BCUT2D eigenvalue weighted by Gasteiger charge is -2.12. The van der Waals surface area contributed by atoms with Crippen LogP contribution in [-0.2, 0) is 6.54 Å². The fraction of sp³-hybridized carbons (Fsp3) is 0.231. The molecule has 94 valence electrons. The summed E-state index contributed by atoms with van der Waals surface area (Å²) in [7, 11) is 0. The first-order chi connectivity index (χ1) is 8.79. The molecule has 1 N–H and O–H groups in total. The Bertz CT molecular complexity index is 505. The van der Waals surface area contributed by atoms with Crippen molar-refractivity contribution in [1.29, 1.82) is 0 Å². The fourth-order valence-corrected chi connectivity index (χ4v) is 1.54. The minimum atomic E-state index is -0.313. The van der Waals surface area contributed by atoms with E-state index in [0.29, 0.717) is 18.9 Å². The first-order valence-electron chi connectivity index (χ1n) is 5.69. The Hall–Kier alpha value is -2.17. The number of benzene rings is 1. The van der Waals surface area contributed by atoms with Gasteiger partial charge < -0.3 is 10.1 Å². The van der Waals surface area contributed by atoms with E-state index in [-0.39, 0.29) is 5.82 Å². The van der Waals surface area contributed by atoms with Crippen LogP contribution in [0.25, 0.3) is 0 Å². The van der Waals surface area contributed by atoms with Crippen LogP contribution < -0.4 is 10.1 Å². The predicted molar refractivity (Wildman–Crippen MR) is 66.9 cm³/mol. The SMILES string of the molecule is CCOc1cc(F)ccc1NCc1cncnc1. The van der Waals surface area contributed by atoms with Gasteiger partial charge in [0.15, 0.2) is 0 Å². The van der Waals surface area contributed by atoms with E-state index < -0.39 is 0 Å². The highest BCUT2D eigenvalue weighted by molar-refractivity contribution is 5.56. The zero-order chi connectivity index (χ0) is 12.8. The van der Waals surface area contributed by atoms with Gasteiger partial charge in [0.25, 0.3) is 0 Å². The summed E-state index contributed by atoms with van der Waals surface area (Å²) < 4.78 is 18.5. The van der Waals surface area contributed by atoms with Crippen molar-refractivity contribution in [3.63, 3.8) is 0 Å². The number of aromatic nitrogens is 2. The first kappa shape index (κ1) is 12.3. The van der Waals surface area contributed by atoms with E-state index >= 15 is 0 Å². The molecule has 1 aromatic heterocycles. The number of rotatable bonds is 5. The van der Waals surface area contributed by atoms with E-state index in [1.807, 2.05) is 6.92 Å². The number of nitrogens with one attached hydrogen (secondary N) is 1. The van der Waals surface area contributed by atoms with Crippen molar-refractivity contribution in [2.45, 2.75) is 13.5 Å². The standard InChI is InChI=1S/C13H14FN3O/c1-2-18-13-5-11(14)3-4-12(13)17-8-10-6-15-9-16-7-10/h3-7,9,17H,2,8H2,1H3. The molecule has 2 aromatic rings. The second-order valence-electron chi connectivity index (χ2n) is 3.67. The Labute approximate surface area is 105 Å². The van der Waals surface area contributed by atoms with Crippen molar-refractivity contribution in [1.82, 2.24) is 9.97 Å². The minimum Gasteiger partial charge on any atom is -0.492 e. The van der Waals surface area contributed by atoms with Gasteiger partial charge in [-0.25, -0.2) is 14.4 Å². The van der Waals surface area contributed by atoms with Gasteiger partial charge in [-0.2, -0.15) is 0 Å². The maximum absolute atomic E-state index is 13.1. The quantitative estimate of drug-likeness (QED) is 0.882. The third kappa shape index (κ3) is 3.16.